The number of nitrogens with zero attached hydrogens (tertiary/aromatic N) is 2. The van der Waals surface area contributed by atoms with Crippen LogP contribution in [0.2, 0.25) is 0 Å². The quantitative estimate of drug-likeness (QED) is 0.739. The van der Waals surface area contributed by atoms with E-state index in [2.05, 4.69) is 24.1 Å². The van der Waals surface area contributed by atoms with Crippen LogP contribution in [0, 0.1) is 0 Å². The van der Waals surface area contributed by atoms with E-state index in [-0.39, 0.29) is 6.09 Å². The first-order valence-electron chi connectivity index (χ1n) is 7.40. The Morgan fingerprint density at radius 2 is 1.70 bits per heavy atom. The van der Waals surface area contributed by atoms with Gasteiger partial charge in [0.05, 0.1) is 0 Å². The van der Waals surface area contributed by atoms with Crippen molar-refractivity contribution in [2.45, 2.75) is 39.2 Å². The molecule has 4 heteroatoms. The van der Waals surface area contributed by atoms with Crippen LogP contribution in [0.1, 0.15) is 33.6 Å². The van der Waals surface area contributed by atoms with Gasteiger partial charge in [-0.15, -0.1) is 0 Å². The van der Waals surface area contributed by atoms with Gasteiger partial charge >= 0.3 is 6.09 Å². The normalized spacial score (nSPS) is 21.3. The summed E-state index contributed by atoms with van der Waals surface area (Å²) >= 11 is 0. The van der Waals surface area contributed by atoms with Crippen LogP contribution in [0.3, 0.4) is 0 Å². The lowest BCUT2D eigenvalue weighted by molar-refractivity contribution is 0.0266. The molecular weight excluding hydrogens is 252 g/mol. The summed E-state index contributed by atoms with van der Waals surface area (Å²) in [6.45, 7) is 9.28. The lowest BCUT2D eigenvalue weighted by Gasteiger charge is -2.31. The zero-order valence-electron chi connectivity index (χ0n) is 13.1. The molecule has 2 aliphatic rings. The first-order chi connectivity index (χ1) is 9.35. The van der Waals surface area contributed by atoms with Crippen molar-refractivity contribution in [2.24, 2.45) is 0 Å². The summed E-state index contributed by atoms with van der Waals surface area (Å²) in [4.78, 5) is 16.1. The summed E-state index contributed by atoms with van der Waals surface area (Å²) in [6.07, 6.45) is 6.36. The average molecular weight is 278 g/mol. The number of likely N-dealkylation sites (N-methyl/N-ethyl adjacent to an activating group) is 1. The van der Waals surface area contributed by atoms with E-state index in [4.69, 9.17) is 4.74 Å². The lowest BCUT2D eigenvalue weighted by Crippen LogP contribution is -2.39. The van der Waals surface area contributed by atoms with Crippen LogP contribution in [0.5, 0.6) is 0 Å². The summed E-state index contributed by atoms with van der Waals surface area (Å²) in [5.74, 6) is 0. The van der Waals surface area contributed by atoms with E-state index in [0.717, 1.165) is 32.5 Å². The van der Waals surface area contributed by atoms with Crippen molar-refractivity contribution in [1.29, 1.82) is 0 Å². The zero-order chi connectivity index (χ0) is 14.8. The first kappa shape index (κ1) is 15.1. The minimum absolute atomic E-state index is 0.204. The fourth-order valence-electron chi connectivity index (χ4n) is 2.52. The second-order valence-electron chi connectivity index (χ2n) is 6.65. The summed E-state index contributed by atoms with van der Waals surface area (Å²) in [7, 11) is 2.15. The number of carbonyl (C=O) groups is 1. The molecule has 0 fully saturated rings. The highest BCUT2D eigenvalue weighted by atomic mass is 16.6. The summed E-state index contributed by atoms with van der Waals surface area (Å²) in [6, 6.07) is 0. The van der Waals surface area contributed by atoms with Crippen LogP contribution in [-0.4, -0.2) is 54.7 Å². The van der Waals surface area contributed by atoms with Crippen LogP contribution >= 0.6 is 0 Å². The summed E-state index contributed by atoms with van der Waals surface area (Å²) < 4.78 is 5.41. The Bertz CT molecular complexity index is 432. The first-order valence-corrected chi connectivity index (χ1v) is 7.40. The van der Waals surface area contributed by atoms with Crippen LogP contribution in [0.4, 0.5) is 4.79 Å². The SMILES string of the molecule is CN1CC=C(C2=CCN(C(=O)OC(C)(C)C)CC2)CC1. The van der Waals surface area contributed by atoms with Crippen LogP contribution in [0.25, 0.3) is 0 Å². The molecule has 4 nitrogen and oxygen atoms in total. The van der Waals surface area contributed by atoms with Gasteiger partial charge in [-0.25, -0.2) is 4.79 Å². The number of ether oxygens (including phenoxy) is 1. The second-order valence-corrected chi connectivity index (χ2v) is 6.65. The fraction of sp³-hybridized carbons (Fsp3) is 0.688. The Balaban J connectivity index is 1.92. The lowest BCUT2D eigenvalue weighted by atomic mass is 9.95. The van der Waals surface area contributed by atoms with Gasteiger partial charge in [0.2, 0.25) is 0 Å². The molecule has 20 heavy (non-hydrogen) atoms. The molecular formula is C16H26N2O2. The predicted octanol–water partition coefficient (Wildman–Crippen LogP) is 2.82. The van der Waals surface area contributed by atoms with Crippen molar-refractivity contribution in [3.63, 3.8) is 0 Å². The molecule has 0 aliphatic carbocycles. The molecule has 0 bridgehead atoms. The average Bonchev–Trinajstić information content (AvgIpc) is 2.38. The molecule has 0 atom stereocenters. The Kier molecular flexibility index (Phi) is 4.53. The standard InChI is InChI=1S/C16H26N2O2/c1-16(2,3)20-15(19)18-11-7-14(8-12-18)13-5-9-17(4)10-6-13/h5,7H,6,8-12H2,1-4H3. The van der Waals surface area contributed by atoms with Crippen LogP contribution in [0.15, 0.2) is 23.3 Å². The Hall–Kier alpha value is -1.29. The highest BCUT2D eigenvalue weighted by Gasteiger charge is 2.24. The minimum atomic E-state index is -0.419. The molecule has 0 spiro atoms. The number of carbonyl (C=O) groups excluding carboxylic acids is 1. The van der Waals surface area contributed by atoms with E-state index in [9.17, 15) is 4.79 Å². The maximum atomic E-state index is 12.0. The van der Waals surface area contributed by atoms with Gasteiger partial charge in [-0.2, -0.15) is 0 Å². The third kappa shape index (κ3) is 4.10. The van der Waals surface area contributed by atoms with E-state index >= 15 is 0 Å². The minimum Gasteiger partial charge on any atom is -0.444 e. The molecule has 2 aliphatic heterocycles. The number of hydrogen-bond donors (Lipinski definition) is 0. The molecule has 0 N–H and O–H groups in total. The van der Waals surface area contributed by atoms with Gasteiger partial charge in [-0.1, -0.05) is 12.2 Å². The van der Waals surface area contributed by atoms with Gasteiger partial charge in [0, 0.05) is 26.2 Å². The van der Waals surface area contributed by atoms with Crippen molar-refractivity contribution < 1.29 is 9.53 Å². The van der Waals surface area contributed by atoms with Crippen molar-refractivity contribution >= 4 is 6.09 Å². The van der Waals surface area contributed by atoms with E-state index < -0.39 is 5.60 Å². The molecule has 0 aromatic carbocycles. The number of hydrogen-bond acceptors (Lipinski definition) is 3. The second kappa shape index (κ2) is 6.00. The molecule has 0 saturated heterocycles. The van der Waals surface area contributed by atoms with Crippen molar-refractivity contribution in [1.82, 2.24) is 9.80 Å². The predicted molar refractivity (Wildman–Crippen MR) is 80.7 cm³/mol. The van der Waals surface area contributed by atoms with Gasteiger partial charge in [0.1, 0.15) is 5.60 Å². The summed E-state index contributed by atoms with van der Waals surface area (Å²) in [5, 5.41) is 0. The van der Waals surface area contributed by atoms with E-state index in [1.165, 1.54) is 11.1 Å². The molecule has 0 aromatic heterocycles. The molecule has 0 aromatic rings. The fourth-order valence-corrected chi connectivity index (χ4v) is 2.52. The smallest absolute Gasteiger partial charge is 0.410 e. The molecule has 0 radical (unpaired) electrons. The van der Waals surface area contributed by atoms with Crippen LogP contribution in [-0.2, 0) is 4.74 Å². The largest absolute Gasteiger partial charge is 0.444 e. The van der Waals surface area contributed by atoms with Gasteiger partial charge in [0.15, 0.2) is 0 Å². The number of amides is 1. The van der Waals surface area contributed by atoms with Gasteiger partial charge in [-0.05, 0) is 51.8 Å². The maximum absolute atomic E-state index is 12.0. The Labute approximate surface area is 122 Å². The van der Waals surface area contributed by atoms with Gasteiger partial charge in [0.25, 0.3) is 0 Å². The van der Waals surface area contributed by atoms with E-state index in [0.29, 0.717) is 6.54 Å². The van der Waals surface area contributed by atoms with Gasteiger partial charge < -0.3 is 14.5 Å². The monoisotopic (exact) mass is 278 g/mol. The Morgan fingerprint density at radius 3 is 2.15 bits per heavy atom. The molecule has 2 heterocycles. The summed E-state index contributed by atoms with van der Waals surface area (Å²) in [5.41, 5.74) is 2.46. The Morgan fingerprint density at radius 1 is 1.10 bits per heavy atom. The third-order valence-electron chi connectivity index (χ3n) is 3.69. The third-order valence-corrected chi connectivity index (χ3v) is 3.69. The van der Waals surface area contributed by atoms with E-state index in [1.54, 1.807) is 4.90 Å². The zero-order valence-corrected chi connectivity index (χ0v) is 13.1. The molecule has 1 amide bonds. The molecule has 0 saturated carbocycles. The molecule has 112 valence electrons. The molecule has 0 unspecified atom stereocenters. The van der Waals surface area contributed by atoms with E-state index in [1.807, 2.05) is 20.8 Å². The highest BCUT2D eigenvalue weighted by Crippen LogP contribution is 2.24. The van der Waals surface area contributed by atoms with Crippen LogP contribution < -0.4 is 0 Å². The van der Waals surface area contributed by atoms with Crippen molar-refractivity contribution in [3.8, 4) is 0 Å². The van der Waals surface area contributed by atoms with Crippen molar-refractivity contribution in [3.05, 3.63) is 23.3 Å². The van der Waals surface area contributed by atoms with Crippen molar-refractivity contribution in [2.75, 3.05) is 33.2 Å². The maximum Gasteiger partial charge on any atom is 0.410 e. The highest BCUT2D eigenvalue weighted by molar-refractivity contribution is 5.68. The molecule has 2 rings (SSSR count). The van der Waals surface area contributed by atoms with Gasteiger partial charge in [-0.3, -0.25) is 0 Å². The topological polar surface area (TPSA) is 32.8 Å². The number of rotatable bonds is 1.